The normalized spacial score (nSPS) is 10.4. The van der Waals surface area contributed by atoms with Crippen molar-refractivity contribution in [1.82, 2.24) is 9.97 Å². The van der Waals surface area contributed by atoms with Gasteiger partial charge < -0.3 is 4.98 Å². The van der Waals surface area contributed by atoms with Crippen LogP contribution in [0.4, 0.5) is 0 Å². The van der Waals surface area contributed by atoms with E-state index in [2.05, 4.69) is 29.0 Å². The summed E-state index contributed by atoms with van der Waals surface area (Å²) in [6.07, 6.45) is 0.670. The van der Waals surface area contributed by atoms with E-state index >= 15 is 0 Å². The van der Waals surface area contributed by atoms with Crippen LogP contribution in [0.25, 0.3) is 0 Å². The first-order valence-electron chi connectivity index (χ1n) is 5.26. The molecule has 0 aliphatic carbocycles. The minimum atomic E-state index is -0.0870. The molecule has 0 bridgehead atoms. The van der Waals surface area contributed by atoms with Crippen LogP contribution in [0.5, 0.6) is 0 Å². The zero-order valence-electron chi connectivity index (χ0n) is 9.45. The van der Waals surface area contributed by atoms with Crippen molar-refractivity contribution in [2.75, 3.05) is 0 Å². The number of H-pyrrole nitrogens is 1. The van der Waals surface area contributed by atoms with Crippen molar-refractivity contribution >= 4 is 0 Å². The molecular formula is C13H14N2O. The molecule has 0 amide bonds. The predicted molar refractivity (Wildman–Crippen MR) is 63.6 cm³/mol. The number of hydrogen-bond donors (Lipinski definition) is 1. The molecule has 16 heavy (non-hydrogen) atoms. The van der Waals surface area contributed by atoms with Crippen LogP contribution in [-0.4, -0.2) is 9.97 Å². The first kappa shape index (κ1) is 10.6. The monoisotopic (exact) mass is 214 g/mol. The van der Waals surface area contributed by atoms with Crippen molar-refractivity contribution in [2.45, 2.75) is 20.3 Å². The molecule has 0 unspecified atom stereocenters. The number of nitrogens with zero attached hydrogens (tertiary/aromatic N) is 1. The van der Waals surface area contributed by atoms with Gasteiger partial charge in [-0.1, -0.05) is 24.3 Å². The van der Waals surface area contributed by atoms with E-state index in [0.717, 1.165) is 11.5 Å². The lowest BCUT2D eigenvalue weighted by Crippen LogP contribution is -2.11. The standard InChI is InChI=1S/C13H14N2O/c1-9-5-3-4-6-11(9)8-12-14-10(2)7-13(16)15-12/h3-7H,8H2,1-2H3,(H,14,15,16). The van der Waals surface area contributed by atoms with Crippen LogP contribution >= 0.6 is 0 Å². The molecule has 0 aliphatic heterocycles. The van der Waals surface area contributed by atoms with Crippen LogP contribution in [0.3, 0.4) is 0 Å². The minimum absolute atomic E-state index is 0.0870. The summed E-state index contributed by atoms with van der Waals surface area (Å²) in [5.41, 5.74) is 3.08. The smallest absolute Gasteiger partial charge is 0.251 e. The van der Waals surface area contributed by atoms with Gasteiger partial charge in [0.05, 0.1) is 0 Å². The van der Waals surface area contributed by atoms with Crippen molar-refractivity contribution in [2.24, 2.45) is 0 Å². The summed E-state index contributed by atoms with van der Waals surface area (Å²) in [6, 6.07) is 9.61. The fourth-order valence-electron chi connectivity index (χ4n) is 1.71. The summed E-state index contributed by atoms with van der Waals surface area (Å²) < 4.78 is 0. The van der Waals surface area contributed by atoms with E-state index in [9.17, 15) is 4.79 Å². The molecule has 0 spiro atoms. The largest absolute Gasteiger partial charge is 0.310 e. The molecule has 82 valence electrons. The Kier molecular flexibility index (Phi) is 2.86. The quantitative estimate of drug-likeness (QED) is 0.830. The molecule has 0 fully saturated rings. The molecule has 1 N–H and O–H groups in total. The highest BCUT2D eigenvalue weighted by atomic mass is 16.1. The second-order valence-corrected chi connectivity index (χ2v) is 3.94. The van der Waals surface area contributed by atoms with Gasteiger partial charge in [0.2, 0.25) is 0 Å². The van der Waals surface area contributed by atoms with E-state index < -0.39 is 0 Å². The van der Waals surface area contributed by atoms with Gasteiger partial charge in [0, 0.05) is 18.2 Å². The van der Waals surface area contributed by atoms with Gasteiger partial charge in [-0.15, -0.1) is 0 Å². The third-order valence-corrected chi connectivity index (χ3v) is 2.54. The third kappa shape index (κ3) is 2.37. The van der Waals surface area contributed by atoms with Gasteiger partial charge in [-0.25, -0.2) is 4.98 Å². The van der Waals surface area contributed by atoms with E-state index in [0.29, 0.717) is 6.42 Å². The van der Waals surface area contributed by atoms with E-state index in [4.69, 9.17) is 0 Å². The maximum absolute atomic E-state index is 11.3. The number of aromatic amines is 1. The van der Waals surface area contributed by atoms with Crippen LogP contribution in [-0.2, 0) is 6.42 Å². The van der Waals surface area contributed by atoms with Gasteiger partial charge in [0.15, 0.2) is 0 Å². The average Bonchev–Trinajstić information content (AvgIpc) is 2.20. The molecule has 0 saturated carbocycles. The highest BCUT2D eigenvalue weighted by molar-refractivity contribution is 5.28. The summed E-state index contributed by atoms with van der Waals surface area (Å²) in [6.45, 7) is 3.89. The number of hydrogen-bond acceptors (Lipinski definition) is 2. The topological polar surface area (TPSA) is 45.8 Å². The molecule has 0 aliphatic rings. The molecule has 3 heteroatoms. The van der Waals surface area contributed by atoms with Gasteiger partial charge in [0.25, 0.3) is 5.56 Å². The molecule has 0 radical (unpaired) electrons. The molecule has 1 heterocycles. The Morgan fingerprint density at radius 2 is 2.00 bits per heavy atom. The van der Waals surface area contributed by atoms with Gasteiger partial charge in [0.1, 0.15) is 5.82 Å². The van der Waals surface area contributed by atoms with E-state index in [1.165, 1.54) is 17.2 Å². The van der Waals surface area contributed by atoms with Crippen LogP contribution in [0, 0.1) is 13.8 Å². The fraction of sp³-hybridized carbons (Fsp3) is 0.231. The zero-order valence-corrected chi connectivity index (χ0v) is 9.45. The SMILES string of the molecule is Cc1cc(=O)[nH]c(Cc2ccccc2C)n1. The summed E-state index contributed by atoms with van der Waals surface area (Å²) in [5, 5.41) is 0. The lowest BCUT2D eigenvalue weighted by molar-refractivity contribution is 0.916. The second-order valence-electron chi connectivity index (χ2n) is 3.94. The fourth-order valence-corrected chi connectivity index (χ4v) is 1.71. The molecule has 1 aromatic heterocycles. The minimum Gasteiger partial charge on any atom is -0.310 e. The number of aryl methyl sites for hydroxylation is 2. The summed E-state index contributed by atoms with van der Waals surface area (Å²) >= 11 is 0. The summed E-state index contributed by atoms with van der Waals surface area (Å²) in [7, 11) is 0. The zero-order chi connectivity index (χ0) is 11.5. The maximum Gasteiger partial charge on any atom is 0.251 e. The number of aromatic nitrogens is 2. The highest BCUT2D eigenvalue weighted by Crippen LogP contribution is 2.10. The van der Waals surface area contributed by atoms with Crippen LogP contribution in [0.15, 0.2) is 35.1 Å². The molecule has 1 aromatic carbocycles. The number of nitrogens with one attached hydrogen (secondary N) is 1. The van der Waals surface area contributed by atoms with Crippen molar-refractivity contribution in [3.8, 4) is 0 Å². The van der Waals surface area contributed by atoms with Crippen LogP contribution in [0.2, 0.25) is 0 Å². The first-order valence-corrected chi connectivity index (χ1v) is 5.26. The van der Waals surface area contributed by atoms with E-state index in [1.807, 2.05) is 19.1 Å². The van der Waals surface area contributed by atoms with Crippen molar-refractivity contribution in [3.63, 3.8) is 0 Å². The van der Waals surface area contributed by atoms with Gasteiger partial charge in [-0.05, 0) is 25.0 Å². The lowest BCUT2D eigenvalue weighted by Gasteiger charge is -2.05. The van der Waals surface area contributed by atoms with Crippen LogP contribution in [0.1, 0.15) is 22.6 Å². The third-order valence-electron chi connectivity index (χ3n) is 2.54. The molecule has 2 aromatic rings. The Morgan fingerprint density at radius 3 is 2.69 bits per heavy atom. The number of rotatable bonds is 2. The molecule has 0 atom stereocenters. The Morgan fingerprint density at radius 1 is 1.25 bits per heavy atom. The Bertz CT molecular complexity index is 558. The molecule has 3 nitrogen and oxygen atoms in total. The van der Waals surface area contributed by atoms with Gasteiger partial charge >= 0.3 is 0 Å². The van der Waals surface area contributed by atoms with Crippen molar-refractivity contribution in [3.05, 3.63) is 63.3 Å². The molecule has 0 saturated heterocycles. The summed E-state index contributed by atoms with van der Waals surface area (Å²) in [4.78, 5) is 18.4. The second kappa shape index (κ2) is 4.31. The van der Waals surface area contributed by atoms with Crippen molar-refractivity contribution < 1.29 is 0 Å². The summed E-state index contributed by atoms with van der Waals surface area (Å²) in [5.74, 6) is 0.722. The van der Waals surface area contributed by atoms with Crippen molar-refractivity contribution in [1.29, 1.82) is 0 Å². The maximum atomic E-state index is 11.3. The Balaban J connectivity index is 2.34. The van der Waals surface area contributed by atoms with E-state index in [-0.39, 0.29) is 5.56 Å². The molecular weight excluding hydrogens is 200 g/mol. The highest BCUT2D eigenvalue weighted by Gasteiger charge is 2.02. The van der Waals surface area contributed by atoms with Gasteiger partial charge in [-0.3, -0.25) is 4.79 Å². The van der Waals surface area contributed by atoms with Gasteiger partial charge in [-0.2, -0.15) is 0 Å². The Hall–Kier alpha value is -1.90. The first-order chi connectivity index (χ1) is 7.65. The van der Waals surface area contributed by atoms with Crippen LogP contribution < -0.4 is 5.56 Å². The van der Waals surface area contributed by atoms with E-state index in [1.54, 1.807) is 0 Å². The number of benzene rings is 1. The predicted octanol–water partition coefficient (Wildman–Crippen LogP) is 1.98. The molecule has 2 rings (SSSR count). The lowest BCUT2D eigenvalue weighted by atomic mass is 10.1. The average molecular weight is 214 g/mol. The Labute approximate surface area is 94.2 Å².